The van der Waals surface area contributed by atoms with Crippen LogP contribution in [0.5, 0.6) is 0 Å². The Kier molecular flexibility index (Phi) is 9.97. The van der Waals surface area contributed by atoms with Crippen LogP contribution < -0.4 is 21.6 Å². The number of nitrogens with two attached hydrogens (primary N) is 1. The standard InChI is InChI=1S/C25H32N6O.C5H10.CH5N/c1-4-27-30-13-12-29(16-17(30)2)20-10-11-21-22(14-20)25(32)31(19-8-6-5-7-9-19)24-23(21)15-26-18(3)28-24;1-2-5-3-4-5;1-2/h10-11,14-15,19,27H,2,4-9,12-13,16H2,1,3H3;5H,2-4H2,1H3;2H2,1H3. The lowest BCUT2D eigenvalue weighted by Crippen LogP contribution is -2.50. The molecule has 0 spiro atoms. The molecule has 0 atom stereocenters. The molecular weight excluding hydrogens is 486 g/mol. The number of benzene rings is 1. The molecule has 3 aliphatic rings. The Hall–Kier alpha value is -2.97. The van der Waals surface area contributed by atoms with Crippen LogP contribution in [0.3, 0.4) is 0 Å². The summed E-state index contributed by atoms with van der Waals surface area (Å²) >= 11 is 0. The molecule has 2 saturated carbocycles. The first-order chi connectivity index (χ1) is 19.0. The van der Waals surface area contributed by atoms with Crippen molar-refractivity contribution in [2.75, 3.05) is 38.1 Å². The first kappa shape index (κ1) is 29.0. The van der Waals surface area contributed by atoms with E-state index in [1.807, 2.05) is 17.7 Å². The van der Waals surface area contributed by atoms with E-state index in [1.165, 1.54) is 45.6 Å². The van der Waals surface area contributed by atoms with Crippen LogP contribution in [0, 0.1) is 12.8 Å². The number of rotatable bonds is 5. The summed E-state index contributed by atoms with van der Waals surface area (Å²) in [6.45, 7) is 13.8. The summed E-state index contributed by atoms with van der Waals surface area (Å²) in [5.41, 5.74) is 10.8. The van der Waals surface area contributed by atoms with Gasteiger partial charge in [0, 0.05) is 42.1 Å². The van der Waals surface area contributed by atoms with Crippen LogP contribution in [-0.4, -0.2) is 52.8 Å². The number of hydrogen-bond acceptors (Lipinski definition) is 7. The molecule has 3 N–H and O–H groups in total. The van der Waals surface area contributed by atoms with Crippen LogP contribution in [0.15, 0.2) is 41.5 Å². The second-order valence-electron chi connectivity index (χ2n) is 10.9. The third-order valence-corrected chi connectivity index (χ3v) is 8.14. The molecule has 3 fully saturated rings. The number of hydrogen-bond donors (Lipinski definition) is 2. The number of hydrazine groups is 1. The first-order valence-corrected chi connectivity index (χ1v) is 14.8. The number of aromatic nitrogens is 3. The van der Waals surface area contributed by atoms with Gasteiger partial charge in [-0.2, -0.15) is 0 Å². The van der Waals surface area contributed by atoms with Gasteiger partial charge in [0.2, 0.25) is 0 Å². The summed E-state index contributed by atoms with van der Waals surface area (Å²) in [5.74, 6) is 1.84. The van der Waals surface area contributed by atoms with Gasteiger partial charge < -0.3 is 15.6 Å². The molecule has 0 unspecified atom stereocenters. The number of aryl methyl sites for hydroxylation is 1. The van der Waals surface area contributed by atoms with E-state index in [2.05, 4.69) is 64.7 Å². The van der Waals surface area contributed by atoms with Gasteiger partial charge in [0.1, 0.15) is 11.5 Å². The summed E-state index contributed by atoms with van der Waals surface area (Å²) in [5, 5.41) is 4.78. The van der Waals surface area contributed by atoms with Gasteiger partial charge in [0.15, 0.2) is 0 Å². The van der Waals surface area contributed by atoms with Crippen LogP contribution in [0.4, 0.5) is 5.69 Å². The Balaban J connectivity index is 0.000000447. The Morgan fingerprint density at radius 3 is 2.38 bits per heavy atom. The lowest BCUT2D eigenvalue weighted by atomic mass is 9.94. The van der Waals surface area contributed by atoms with Crippen molar-refractivity contribution in [1.82, 2.24) is 25.0 Å². The lowest BCUT2D eigenvalue weighted by Gasteiger charge is -2.38. The highest BCUT2D eigenvalue weighted by molar-refractivity contribution is 6.05. The zero-order chi connectivity index (χ0) is 27.9. The van der Waals surface area contributed by atoms with E-state index in [9.17, 15) is 4.79 Å². The molecular formula is C31H47N7O. The van der Waals surface area contributed by atoms with E-state index in [0.29, 0.717) is 5.82 Å². The van der Waals surface area contributed by atoms with Crippen LogP contribution in [0.1, 0.15) is 77.1 Å². The van der Waals surface area contributed by atoms with Gasteiger partial charge in [0.05, 0.1) is 18.5 Å². The second-order valence-corrected chi connectivity index (χ2v) is 10.9. The molecule has 0 amide bonds. The predicted octanol–water partition coefficient (Wildman–Crippen LogP) is 5.30. The molecule has 2 aromatic heterocycles. The average molecular weight is 534 g/mol. The molecule has 1 aromatic carbocycles. The minimum atomic E-state index is 0.0736. The normalized spacial score (nSPS) is 18.0. The van der Waals surface area contributed by atoms with Crippen LogP contribution in [0.2, 0.25) is 0 Å². The van der Waals surface area contributed by atoms with Crippen molar-refractivity contribution in [3.63, 3.8) is 0 Å². The molecule has 3 heterocycles. The molecule has 2 aliphatic carbocycles. The van der Waals surface area contributed by atoms with Crippen molar-refractivity contribution in [3.05, 3.63) is 52.9 Å². The minimum absolute atomic E-state index is 0.0736. The molecule has 1 saturated heterocycles. The fraction of sp³-hybridized carbons (Fsp3) is 0.581. The molecule has 1 aliphatic heterocycles. The summed E-state index contributed by atoms with van der Waals surface area (Å²) in [7, 11) is 1.50. The zero-order valence-corrected chi connectivity index (χ0v) is 24.4. The van der Waals surface area contributed by atoms with E-state index >= 15 is 0 Å². The van der Waals surface area contributed by atoms with E-state index < -0.39 is 0 Å². The maximum absolute atomic E-state index is 13.8. The maximum Gasteiger partial charge on any atom is 0.260 e. The largest absolute Gasteiger partial charge is 0.364 e. The number of pyridine rings is 1. The second kappa shape index (κ2) is 13.4. The quantitative estimate of drug-likeness (QED) is 0.430. The van der Waals surface area contributed by atoms with Crippen LogP contribution in [0.25, 0.3) is 21.8 Å². The van der Waals surface area contributed by atoms with E-state index in [4.69, 9.17) is 4.98 Å². The molecule has 8 heteroatoms. The maximum atomic E-state index is 13.8. The van der Waals surface area contributed by atoms with Gasteiger partial charge in [-0.3, -0.25) is 9.36 Å². The van der Waals surface area contributed by atoms with Gasteiger partial charge in [0.25, 0.3) is 5.56 Å². The summed E-state index contributed by atoms with van der Waals surface area (Å²) in [6, 6.07) is 6.46. The Morgan fingerprint density at radius 2 is 1.77 bits per heavy atom. The molecule has 39 heavy (non-hydrogen) atoms. The average Bonchev–Trinajstić information content (AvgIpc) is 3.81. The highest BCUT2D eigenvalue weighted by atomic mass is 16.1. The van der Waals surface area contributed by atoms with Gasteiger partial charge in [-0.05, 0) is 50.2 Å². The Morgan fingerprint density at radius 1 is 1.03 bits per heavy atom. The van der Waals surface area contributed by atoms with Crippen LogP contribution in [-0.2, 0) is 0 Å². The summed E-state index contributed by atoms with van der Waals surface area (Å²) in [4.78, 5) is 25.3. The zero-order valence-electron chi connectivity index (χ0n) is 24.4. The van der Waals surface area contributed by atoms with Gasteiger partial charge in [-0.25, -0.2) is 15.4 Å². The van der Waals surface area contributed by atoms with Crippen molar-refractivity contribution in [2.45, 2.75) is 78.2 Å². The number of fused-ring (bicyclic) bond motifs is 3. The molecule has 6 rings (SSSR count). The Labute approximate surface area is 233 Å². The van der Waals surface area contributed by atoms with Crippen molar-refractivity contribution >= 4 is 27.5 Å². The molecule has 0 bridgehead atoms. The van der Waals surface area contributed by atoms with Crippen molar-refractivity contribution in [1.29, 1.82) is 0 Å². The van der Waals surface area contributed by atoms with E-state index in [1.54, 1.807) is 0 Å². The lowest BCUT2D eigenvalue weighted by molar-refractivity contribution is 0.235. The topological polar surface area (TPSA) is 92.3 Å². The first-order valence-electron chi connectivity index (χ1n) is 14.8. The van der Waals surface area contributed by atoms with Gasteiger partial charge in [-0.15, -0.1) is 0 Å². The molecule has 212 valence electrons. The van der Waals surface area contributed by atoms with E-state index in [0.717, 1.165) is 78.1 Å². The fourth-order valence-corrected chi connectivity index (χ4v) is 5.77. The highest BCUT2D eigenvalue weighted by Gasteiger charge is 2.24. The SMILES string of the molecule is C=C1CN(c2ccc3c(c2)c(=O)n(C2CCCCC2)c2nc(C)ncc32)CCN1NCC.CCC1CC1.CN. The predicted molar refractivity (Wildman–Crippen MR) is 163 cm³/mol. The molecule has 3 aromatic rings. The highest BCUT2D eigenvalue weighted by Crippen LogP contribution is 2.33. The van der Waals surface area contributed by atoms with Crippen molar-refractivity contribution in [2.24, 2.45) is 11.7 Å². The van der Waals surface area contributed by atoms with Crippen molar-refractivity contribution in [3.8, 4) is 0 Å². The van der Waals surface area contributed by atoms with Crippen LogP contribution >= 0.6 is 0 Å². The number of piperazine rings is 1. The smallest absolute Gasteiger partial charge is 0.260 e. The third-order valence-electron chi connectivity index (χ3n) is 8.14. The number of anilines is 1. The van der Waals surface area contributed by atoms with Crippen molar-refractivity contribution < 1.29 is 0 Å². The Bertz CT molecular complexity index is 1320. The van der Waals surface area contributed by atoms with E-state index in [-0.39, 0.29) is 11.6 Å². The molecule has 0 radical (unpaired) electrons. The third kappa shape index (κ3) is 6.61. The molecule has 8 nitrogen and oxygen atoms in total. The number of nitrogens with one attached hydrogen (secondary N) is 1. The van der Waals surface area contributed by atoms with Gasteiger partial charge in [-0.1, -0.05) is 65.0 Å². The fourth-order valence-electron chi connectivity index (χ4n) is 5.77. The number of nitrogens with zero attached hydrogens (tertiary/aromatic N) is 5. The summed E-state index contributed by atoms with van der Waals surface area (Å²) in [6.07, 6.45) is 12.0. The monoisotopic (exact) mass is 533 g/mol. The van der Waals surface area contributed by atoms with Gasteiger partial charge >= 0.3 is 0 Å². The summed E-state index contributed by atoms with van der Waals surface area (Å²) < 4.78 is 1.97. The minimum Gasteiger partial charge on any atom is -0.364 e.